The molecule has 7 nitrogen and oxygen atoms in total. The van der Waals surface area contributed by atoms with Gasteiger partial charge in [-0.2, -0.15) is 0 Å². The van der Waals surface area contributed by atoms with Crippen LogP contribution in [0, 0.1) is 5.92 Å². The first-order valence-electron chi connectivity index (χ1n) is 8.76. The SMILES string of the molecule is CCNS(=O)(=O)c1ccc(NC(=O)[C@H]2CC(=O)N(c3ccc(Cl)cc3)C2)cc1. The van der Waals surface area contributed by atoms with Gasteiger partial charge in [0.15, 0.2) is 0 Å². The number of hydrogen-bond donors (Lipinski definition) is 2. The van der Waals surface area contributed by atoms with Crippen LogP contribution in [0.4, 0.5) is 11.4 Å². The van der Waals surface area contributed by atoms with Crippen LogP contribution in [-0.4, -0.2) is 33.3 Å². The summed E-state index contributed by atoms with van der Waals surface area (Å²) in [5, 5.41) is 3.32. The van der Waals surface area contributed by atoms with Gasteiger partial charge in [0.2, 0.25) is 21.8 Å². The Labute approximate surface area is 168 Å². The van der Waals surface area contributed by atoms with Crippen molar-refractivity contribution >= 4 is 44.8 Å². The number of amides is 2. The van der Waals surface area contributed by atoms with Crippen molar-refractivity contribution in [3.05, 3.63) is 53.6 Å². The molecule has 2 N–H and O–H groups in total. The number of carbonyl (C=O) groups excluding carboxylic acids is 2. The Bertz CT molecular complexity index is 975. The first-order valence-corrected chi connectivity index (χ1v) is 10.6. The minimum Gasteiger partial charge on any atom is -0.326 e. The van der Waals surface area contributed by atoms with E-state index in [-0.39, 0.29) is 29.7 Å². The molecule has 2 aromatic rings. The summed E-state index contributed by atoms with van der Waals surface area (Å²) in [6.45, 7) is 2.27. The van der Waals surface area contributed by atoms with Crippen molar-refractivity contribution < 1.29 is 18.0 Å². The summed E-state index contributed by atoms with van der Waals surface area (Å²) in [5.41, 5.74) is 1.17. The number of carbonyl (C=O) groups is 2. The molecule has 0 radical (unpaired) electrons. The molecule has 0 saturated carbocycles. The highest BCUT2D eigenvalue weighted by Crippen LogP contribution is 2.27. The molecule has 148 valence electrons. The molecule has 1 saturated heterocycles. The zero-order valence-corrected chi connectivity index (χ0v) is 16.8. The molecule has 1 fully saturated rings. The van der Waals surface area contributed by atoms with Crippen molar-refractivity contribution in [1.29, 1.82) is 0 Å². The molecule has 1 heterocycles. The maximum absolute atomic E-state index is 12.5. The van der Waals surface area contributed by atoms with Gasteiger partial charge >= 0.3 is 0 Å². The van der Waals surface area contributed by atoms with Crippen molar-refractivity contribution in [3.63, 3.8) is 0 Å². The molecule has 0 unspecified atom stereocenters. The number of halogens is 1. The predicted molar refractivity (Wildman–Crippen MR) is 108 cm³/mol. The smallest absolute Gasteiger partial charge is 0.240 e. The van der Waals surface area contributed by atoms with E-state index in [1.165, 1.54) is 24.3 Å². The van der Waals surface area contributed by atoms with Crippen LogP contribution in [-0.2, 0) is 19.6 Å². The van der Waals surface area contributed by atoms with Crippen molar-refractivity contribution in [2.75, 3.05) is 23.3 Å². The Morgan fingerprint density at radius 1 is 1.14 bits per heavy atom. The van der Waals surface area contributed by atoms with Gasteiger partial charge in [0.05, 0.1) is 10.8 Å². The maximum Gasteiger partial charge on any atom is 0.240 e. The highest BCUT2D eigenvalue weighted by Gasteiger charge is 2.35. The van der Waals surface area contributed by atoms with E-state index >= 15 is 0 Å². The number of hydrogen-bond acceptors (Lipinski definition) is 4. The molecule has 2 amide bonds. The van der Waals surface area contributed by atoms with Crippen molar-refractivity contribution in [3.8, 4) is 0 Å². The molecule has 0 spiro atoms. The lowest BCUT2D eigenvalue weighted by molar-refractivity contribution is -0.122. The lowest BCUT2D eigenvalue weighted by Gasteiger charge is -2.16. The molecule has 9 heteroatoms. The summed E-state index contributed by atoms with van der Waals surface area (Å²) in [7, 11) is -3.54. The van der Waals surface area contributed by atoms with Gasteiger partial charge in [-0.3, -0.25) is 9.59 Å². The number of nitrogens with zero attached hydrogens (tertiary/aromatic N) is 1. The van der Waals surface area contributed by atoms with Crippen molar-refractivity contribution in [2.45, 2.75) is 18.2 Å². The minimum absolute atomic E-state index is 0.112. The topological polar surface area (TPSA) is 95.6 Å². The number of benzene rings is 2. The van der Waals surface area contributed by atoms with E-state index in [0.717, 1.165) is 0 Å². The van der Waals surface area contributed by atoms with Crippen molar-refractivity contribution in [2.24, 2.45) is 5.92 Å². The van der Waals surface area contributed by atoms with Gasteiger partial charge in [0.1, 0.15) is 0 Å². The minimum atomic E-state index is -3.54. The summed E-state index contributed by atoms with van der Waals surface area (Å²) < 4.78 is 26.3. The van der Waals surface area contributed by atoms with E-state index in [1.807, 2.05) is 0 Å². The molecule has 1 aliphatic heterocycles. The Hall–Kier alpha value is -2.42. The molecule has 2 aromatic carbocycles. The van der Waals surface area contributed by atoms with Crippen LogP contribution in [0.5, 0.6) is 0 Å². The van der Waals surface area contributed by atoms with Crippen LogP contribution in [0.3, 0.4) is 0 Å². The van der Waals surface area contributed by atoms with Gasteiger partial charge in [-0.05, 0) is 48.5 Å². The standard InChI is InChI=1S/C19H20ClN3O4S/c1-2-21-28(26,27)17-9-5-15(6-10-17)22-19(25)13-11-18(24)23(12-13)16-7-3-14(20)4-8-16/h3-10,13,21H,2,11-12H2,1H3,(H,22,25)/t13-/m0/s1. The molecular formula is C19H20ClN3O4S. The fourth-order valence-corrected chi connectivity index (χ4v) is 4.16. The summed E-state index contributed by atoms with van der Waals surface area (Å²) in [6.07, 6.45) is 0.112. The highest BCUT2D eigenvalue weighted by atomic mass is 35.5. The van der Waals surface area contributed by atoms with Crippen LogP contribution in [0.15, 0.2) is 53.4 Å². The van der Waals surface area contributed by atoms with Gasteiger partial charge in [0, 0.05) is 35.9 Å². The quantitative estimate of drug-likeness (QED) is 0.749. The summed E-state index contributed by atoms with van der Waals surface area (Å²) in [4.78, 5) is 26.5. The number of nitrogens with one attached hydrogen (secondary N) is 2. The average Bonchev–Trinajstić information content (AvgIpc) is 3.05. The average molecular weight is 422 g/mol. The first-order chi connectivity index (χ1) is 13.3. The molecule has 1 aliphatic rings. The molecule has 28 heavy (non-hydrogen) atoms. The van der Waals surface area contributed by atoms with Crippen molar-refractivity contribution in [1.82, 2.24) is 4.72 Å². The third-order valence-corrected chi connectivity index (χ3v) is 6.21. The first kappa shape index (κ1) is 20.3. The molecule has 0 bridgehead atoms. The van der Waals surface area contributed by atoms with Gasteiger partial charge in [-0.15, -0.1) is 0 Å². The van der Waals surface area contributed by atoms with E-state index in [2.05, 4.69) is 10.0 Å². The summed E-state index contributed by atoms with van der Waals surface area (Å²) >= 11 is 5.87. The van der Waals surface area contributed by atoms with Gasteiger partial charge in [-0.1, -0.05) is 18.5 Å². The second-order valence-electron chi connectivity index (χ2n) is 6.40. The van der Waals surface area contributed by atoms with E-state index in [0.29, 0.717) is 22.9 Å². The van der Waals surface area contributed by atoms with E-state index in [1.54, 1.807) is 36.1 Å². The second kappa shape index (κ2) is 8.30. The Kier molecular flexibility index (Phi) is 6.02. The normalized spacial score (nSPS) is 17.0. The van der Waals surface area contributed by atoms with Crippen LogP contribution >= 0.6 is 11.6 Å². The number of sulfonamides is 1. The Morgan fingerprint density at radius 3 is 2.39 bits per heavy atom. The number of rotatable bonds is 6. The van der Waals surface area contributed by atoms with Crippen LogP contribution in [0.1, 0.15) is 13.3 Å². The van der Waals surface area contributed by atoms with E-state index < -0.39 is 15.9 Å². The third-order valence-electron chi connectivity index (χ3n) is 4.40. The van der Waals surface area contributed by atoms with Gasteiger partial charge in [-0.25, -0.2) is 13.1 Å². The molecule has 0 aromatic heterocycles. The Balaban J connectivity index is 1.65. The lowest BCUT2D eigenvalue weighted by atomic mass is 10.1. The fourth-order valence-electron chi connectivity index (χ4n) is 2.99. The zero-order valence-electron chi connectivity index (χ0n) is 15.2. The maximum atomic E-state index is 12.5. The monoisotopic (exact) mass is 421 g/mol. The zero-order chi connectivity index (χ0) is 20.3. The van der Waals surface area contributed by atoms with Gasteiger partial charge < -0.3 is 10.2 Å². The van der Waals surface area contributed by atoms with E-state index in [9.17, 15) is 18.0 Å². The lowest BCUT2D eigenvalue weighted by Crippen LogP contribution is -2.28. The fraction of sp³-hybridized carbons (Fsp3) is 0.263. The summed E-state index contributed by atoms with van der Waals surface area (Å²) in [6, 6.07) is 12.8. The van der Waals surface area contributed by atoms with Crippen LogP contribution in [0.25, 0.3) is 0 Å². The molecular weight excluding hydrogens is 402 g/mol. The molecule has 1 atom stereocenters. The molecule has 0 aliphatic carbocycles. The Morgan fingerprint density at radius 2 is 1.79 bits per heavy atom. The largest absolute Gasteiger partial charge is 0.326 e. The predicted octanol–water partition coefficient (Wildman–Crippen LogP) is 2.63. The summed E-state index contributed by atoms with van der Waals surface area (Å²) in [5.74, 6) is -0.907. The van der Waals surface area contributed by atoms with Crippen LogP contribution in [0.2, 0.25) is 5.02 Å². The van der Waals surface area contributed by atoms with E-state index in [4.69, 9.17) is 11.6 Å². The van der Waals surface area contributed by atoms with Crippen LogP contribution < -0.4 is 14.9 Å². The highest BCUT2D eigenvalue weighted by molar-refractivity contribution is 7.89. The third kappa shape index (κ3) is 4.52. The van der Waals surface area contributed by atoms with Gasteiger partial charge in [0.25, 0.3) is 0 Å². The number of anilines is 2. The molecule has 3 rings (SSSR count). The second-order valence-corrected chi connectivity index (χ2v) is 8.60.